The number of aromatic carboxylic acids is 1. The fourth-order valence-electron chi connectivity index (χ4n) is 1.40. The van der Waals surface area contributed by atoms with Crippen LogP contribution in [0.2, 0.25) is 0 Å². The van der Waals surface area contributed by atoms with Crippen LogP contribution in [-0.4, -0.2) is 24.2 Å². The van der Waals surface area contributed by atoms with Crippen molar-refractivity contribution in [1.29, 1.82) is 0 Å². The molecule has 1 saturated carbocycles. The Hall–Kier alpha value is -2.04. The number of carboxylic acids is 1. The molecule has 2 rings (SSSR count). The Morgan fingerprint density at radius 1 is 1.29 bits per heavy atom. The molecular formula is C12H12O5. The molecule has 1 N–H and O–H groups in total. The average Bonchev–Trinajstić information content (AvgIpc) is 3.13. The van der Waals surface area contributed by atoms with Crippen LogP contribution in [0.15, 0.2) is 18.2 Å². The minimum Gasteiger partial charge on any atom is -0.493 e. The molecule has 0 radical (unpaired) electrons. The standard InChI is InChI=1S/C12H12O5/c1-16-10-6-8(11(13)14)4-5-9(10)17-12(15)7-2-3-7/h4-7H,2-3H2,1H3,(H,13,14). The second-order valence-corrected chi connectivity index (χ2v) is 3.87. The summed E-state index contributed by atoms with van der Waals surface area (Å²) in [7, 11) is 1.40. The topological polar surface area (TPSA) is 72.8 Å². The maximum Gasteiger partial charge on any atom is 0.335 e. The van der Waals surface area contributed by atoms with Gasteiger partial charge in [0.05, 0.1) is 18.6 Å². The molecule has 1 aliphatic carbocycles. The Bertz CT molecular complexity index is 462. The van der Waals surface area contributed by atoms with E-state index in [0.29, 0.717) is 0 Å². The lowest BCUT2D eigenvalue weighted by Gasteiger charge is -2.09. The van der Waals surface area contributed by atoms with Crippen LogP contribution < -0.4 is 9.47 Å². The van der Waals surface area contributed by atoms with Crippen LogP contribution in [0.3, 0.4) is 0 Å². The maximum absolute atomic E-state index is 11.5. The summed E-state index contributed by atoms with van der Waals surface area (Å²) in [4.78, 5) is 22.2. The van der Waals surface area contributed by atoms with Gasteiger partial charge in [-0.15, -0.1) is 0 Å². The molecule has 5 heteroatoms. The lowest BCUT2D eigenvalue weighted by molar-refractivity contribution is -0.135. The van der Waals surface area contributed by atoms with Crippen molar-refractivity contribution in [3.63, 3.8) is 0 Å². The number of benzene rings is 1. The van der Waals surface area contributed by atoms with Crippen LogP contribution in [0.4, 0.5) is 0 Å². The summed E-state index contributed by atoms with van der Waals surface area (Å²) in [6.07, 6.45) is 1.71. The van der Waals surface area contributed by atoms with Crippen molar-refractivity contribution in [3.8, 4) is 11.5 Å². The summed E-state index contributed by atoms with van der Waals surface area (Å²) in [5.74, 6) is -0.845. The van der Waals surface area contributed by atoms with E-state index in [0.717, 1.165) is 12.8 Å². The van der Waals surface area contributed by atoms with Crippen molar-refractivity contribution >= 4 is 11.9 Å². The molecule has 0 amide bonds. The summed E-state index contributed by atoms with van der Waals surface area (Å²) >= 11 is 0. The molecular weight excluding hydrogens is 224 g/mol. The first-order valence-electron chi connectivity index (χ1n) is 5.25. The lowest BCUT2D eigenvalue weighted by Crippen LogP contribution is -2.11. The molecule has 17 heavy (non-hydrogen) atoms. The van der Waals surface area contributed by atoms with Gasteiger partial charge < -0.3 is 14.6 Å². The van der Waals surface area contributed by atoms with E-state index in [9.17, 15) is 9.59 Å². The molecule has 1 aromatic rings. The second kappa shape index (κ2) is 4.45. The third-order valence-corrected chi connectivity index (χ3v) is 2.53. The van der Waals surface area contributed by atoms with E-state index < -0.39 is 5.97 Å². The highest BCUT2D eigenvalue weighted by molar-refractivity contribution is 5.88. The van der Waals surface area contributed by atoms with Crippen molar-refractivity contribution < 1.29 is 24.2 Å². The normalized spacial score (nSPS) is 14.2. The van der Waals surface area contributed by atoms with Gasteiger partial charge >= 0.3 is 11.9 Å². The van der Waals surface area contributed by atoms with Gasteiger partial charge in [-0.25, -0.2) is 4.79 Å². The van der Waals surface area contributed by atoms with Crippen LogP contribution in [0.25, 0.3) is 0 Å². The molecule has 1 aliphatic rings. The molecule has 1 fully saturated rings. The fraction of sp³-hybridized carbons (Fsp3) is 0.333. The van der Waals surface area contributed by atoms with E-state index >= 15 is 0 Å². The maximum atomic E-state index is 11.5. The third kappa shape index (κ3) is 2.55. The van der Waals surface area contributed by atoms with Crippen molar-refractivity contribution in [2.75, 3.05) is 7.11 Å². The minimum absolute atomic E-state index is 0.0149. The zero-order valence-corrected chi connectivity index (χ0v) is 9.30. The summed E-state index contributed by atoms with van der Waals surface area (Å²) in [6, 6.07) is 4.14. The van der Waals surface area contributed by atoms with E-state index in [1.165, 1.54) is 25.3 Å². The van der Waals surface area contributed by atoms with E-state index in [2.05, 4.69) is 0 Å². The Morgan fingerprint density at radius 2 is 2.00 bits per heavy atom. The van der Waals surface area contributed by atoms with E-state index in [-0.39, 0.29) is 28.9 Å². The first-order valence-corrected chi connectivity index (χ1v) is 5.25. The number of rotatable bonds is 4. The van der Waals surface area contributed by atoms with E-state index in [4.69, 9.17) is 14.6 Å². The molecule has 0 atom stereocenters. The smallest absolute Gasteiger partial charge is 0.335 e. The van der Waals surface area contributed by atoms with Gasteiger partial charge in [0.15, 0.2) is 11.5 Å². The summed E-state index contributed by atoms with van der Waals surface area (Å²) in [5.41, 5.74) is 0.0908. The summed E-state index contributed by atoms with van der Waals surface area (Å²) in [6.45, 7) is 0. The molecule has 0 aromatic heterocycles. The number of hydrogen-bond donors (Lipinski definition) is 1. The molecule has 0 heterocycles. The Balaban J connectivity index is 2.20. The highest BCUT2D eigenvalue weighted by Crippen LogP contribution is 2.34. The van der Waals surface area contributed by atoms with Gasteiger partial charge in [0.2, 0.25) is 0 Å². The number of carbonyl (C=O) groups is 2. The van der Waals surface area contributed by atoms with Crippen LogP contribution in [0.5, 0.6) is 11.5 Å². The number of carboxylic acid groups (broad SMARTS) is 1. The number of carbonyl (C=O) groups excluding carboxylic acids is 1. The number of hydrogen-bond acceptors (Lipinski definition) is 4. The van der Waals surface area contributed by atoms with E-state index in [1.807, 2.05) is 0 Å². The Labute approximate surface area is 98.0 Å². The lowest BCUT2D eigenvalue weighted by atomic mass is 10.2. The molecule has 1 aromatic carbocycles. The third-order valence-electron chi connectivity index (χ3n) is 2.53. The highest BCUT2D eigenvalue weighted by Gasteiger charge is 2.32. The number of ether oxygens (including phenoxy) is 2. The van der Waals surface area contributed by atoms with Gasteiger partial charge in [0.25, 0.3) is 0 Å². The molecule has 0 saturated heterocycles. The SMILES string of the molecule is COc1cc(C(=O)O)ccc1OC(=O)C1CC1. The average molecular weight is 236 g/mol. The molecule has 0 unspecified atom stereocenters. The molecule has 0 bridgehead atoms. The van der Waals surface area contributed by atoms with Crippen LogP contribution in [-0.2, 0) is 4.79 Å². The molecule has 0 aliphatic heterocycles. The number of esters is 1. The first kappa shape index (κ1) is 11.4. The van der Waals surface area contributed by atoms with Crippen LogP contribution in [0, 0.1) is 5.92 Å². The van der Waals surface area contributed by atoms with Gasteiger partial charge in [0, 0.05) is 0 Å². The van der Waals surface area contributed by atoms with Crippen molar-refractivity contribution in [3.05, 3.63) is 23.8 Å². The number of methoxy groups -OCH3 is 1. The van der Waals surface area contributed by atoms with Crippen LogP contribution in [0.1, 0.15) is 23.2 Å². The van der Waals surface area contributed by atoms with Crippen molar-refractivity contribution in [1.82, 2.24) is 0 Å². The zero-order chi connectivity index (χ0) is 12.4. The highest BCUT2D eigenvalue weighted by atomic mass is 16.6. The van der Waals surface area contributed by atoms with Crippen LogP contribution >= 0.6 is 0 Å². The minimum atomic E-state index is -1.05. The van der Waals surface area contributed by atoms with Gasteiger partial charge in [-0.1, -0.05) is 0 Å². The first-order chi connectivity index (χ1) is 8.11. The van der Waals surface area contributed by atoms with Gasteiger partial charge in [-0.2, -0.15) is 0 Å². The quantitative estimate of drug-likeness (QED) is 0.636. The Morgan fingerprint density at radius 3 is 2.53 bits per heavy atom. The molecule has 0 spiro atoms. The van der Waals surface area contributed by atoms with Crippen molar-refractivity contribution in [2.24, 2.45) is 5.92 Å². The van der Waals surface area contributed by atoms with Gasteiger partial charge in [0.1, 0.15) is 0 Å². The Kier molecular flexibility index (Phi) is 2.99. The molecule has 5 nitrogen and oxygen atoms in total. The second-order valence-electron chi connectivity index (χ2n) is 3.87. The van der Waals surface area contributed by atoms with E-state index in [1.54, 1.807) is 0 Å². The summed E-state index contributed by atoms with van der Waals surface area (Å²) in [5, 5.41) is 8.81. The predicted molar refractivity (Wildman–Crippen MR) is 58.3 cm³/mol. The molecule has 90 valence electrons. The zero-order valence-electron chi connectivity index (χ0n) is 9.30. The fourth-order valence-corrected chi connectivity index (χ4v) is 1.40. The predicted octanol–water partition coefficient (Wildman–Crippen LogP) is 1.71. The van der Waals surface area contributed by atoms with Gasteiger partial charge in [-0.05, 0) is 31.0 Å². The largest absolute Gasteiger partial charge is 0.493 e. The van der Waals surface area contributed by atoms with Crippen molar-refractivity contribution in [2.45, 2.75) is 12.8 Å². The summed E-state index contributed by atoms with van der Waals surface area (Å²) < 4.78 is 10.1. The van der Waals surface area contributed by atoms with Gasteiger partial charge in [-0.3, -0.25) is 4.79 Å². The monoisotopic (exact) mass is 236 g/mol.